The molecule has 1 aliphatic heterocycles. The number of pyridine rings is 1. The van der Waals surface area contributed by atoms with E-state index in [1.165, 1.54) is 0 Å². The van der Waals surface area contributed by atoms with Gasteiger partial charge in [0.25, 0.3) is 0 Å². The Balaban J connectivity index is 1.77. The summed E-state index contributed by atoms with van der Waals surface area (Å²) in [6, 6.07) is 17.1. The molecule has 1 aromatic heterocycles. The largest absolute Gasteiger partial charge is 0.497 e. The van der Waals surface area contributed by atoms with Crippen molar-refractivity contribution in [3.63, 3.8) is 0 Å². The highest BCUT2D eigenvalue weighted by molar-refractivity contribution is 6.31. The summed E-state index contributed by atoms with van der Waals surface area (Å²) in [6.45, 7) is 4.12. The van der Waals surface area contributed by atoms with Crippen molar-refractivity contribution in [3.05, 3.63) is 81.9 Å². The van der Waals surface area contributed by atoms with Gasteiger partial charge in [-0.15, -0.1) is 0 Å². The van der Waals surface area contributed by atoms with Crippen LogP contribution >= 0.6 is 11.6 Å². The Kier molecular flexibility index (Phi) is 6.09. The molecule has 3 aromatic rings. The number of carbonyl (C=O) groups is 1. The van der Waals surface area contributed by atoms with E-state index in [0.717, 1.165) is 16.8 Å². The number of ketones is 1. The summed E-state index contributed by atoms with van der Waals surface area (Å²) in [7, 11) is 3.19. The van der Waals surface area contributed by atoms with Gasteiger partial charge >= 0.3 is 0 Å². The molecular formula is C29H27ClN4O3. The number of halogens is 1. The summed E-state index contributed by atoms with van der Waals surface area (Å²) in [6.07, 6.45) is 0.951. The Bertz CT molecular complexity index is 1530. The van der Waals surface area contributed by atoms with Gasteiger partial charge in [-0.3, -0.25) is 9.69 Å². The Morgan fingerprint density at radius 2 is 1.76 bits per heavy atom. The molecule has 0 fully saturated rings. The molecule has 1 unspecified atom stereocenters. The van der Waals surface area contributed by atoms with Gasteiger partial charge in [0, 0.05) is 34.3 Å². The Morgan fingerprint density at radius 3 is 2.41 bits per heavy atom. The van der Waals surface area contributed by atoms with Gasteiger partial charge in [0.1, 0.15) is 22.5 Å². The lowest BCUT2D eigenvalue weighted by Gasteiger charge is -2.43. The molecule has 0 saturated heterocycles. The van der Waals surface area contributed by atoms with Gasteiger partial charge in [0.2, 0.25) is 0 Å². The minimum atomic E-state index is -0.728. The number of allylic oxidation sites excluding steroid dienone is 3. The number of hydrogen-bond donors (Lipinski definition) is 1. The van der Waals surface area contributed by atoms with Crippen molar-refractivity contribution in [1.29, 1.82) is 5.26 Å². The van der Waals surface area contributed by atoms with Crippen molar-refractivity contribution >= 4 is 34.0 Å². The highest BCUT2D eigenvalue weighted by Gasteiger charge is 2.45. The fourth-order valence-electron chi connectivity index (χ4n) is 5.32. The highest BCUT2D eigenvalue weighted by Crippen LogP contribution is 2.51. The van der Waals surface area contributed by atoms with Crippen LogP contribution < -0.4 is 20.1 Å². The van der Waals surface area contributed by atoms with E-state index >= 15 is 0 Å². The normalized spacial score (nSPS) is 19.1. The third kappa shape index (κ3) is 4.17. The van der Waals surface area contributed by atoms with Crippen LogP contribution in [-0.4, -0.2) is 25.0 Å². The van der Waals surface area contributed by atoms with E-state index < -0.39 is 5.92 Å². The summed E-state index contributed by atoms with van der Waals surface area (Å²) in [5.74, 6) is 0.873. The highest BCUT2D eigenvalue weighted by atomic mass is 35.5. The predicted octanol–water partition coefficient (Wildman–Crippen LogP) is 5.85. The van der Waals surface area contributed by atoms with E-state index in [9.17, 15) is 10.1 Å². The number of nitrogens with zero attached hydrogens (tertiary/aromatic N) is 3. The van der Waals surface area contributed by atoms with Gasteiger partial charge in [-0.25, -0.2) is 4.98 Å². The quantitative estimate of drug-likeness (QED) is 0.436. The van der Waals surface area contributed by atoms with Crippen LogP contribution in [0.15, 0.2) is 71.2 Å². The van der Waals surface area contributed by atoms with Gasteiger partial charge in [-0.1, -0.05) is 25.4 Å². The first kappa shape index (κ1) is 24.7. The van der Waals surface area contributed by atoms with E-state index in [0.29, 0.717) is 41.0 Å². The van der Waals surface area contributed by atoms with Crippen molar-refractivity contribution < 1.29 is 14.3 Å². The van der Waals surface area contributed by atoms with Crippen LogP contribution in [0, 0.1) is 16.7 Å². The standard InChI is InChI=1S/C29H27ClN4O3/c1-29(2)13-23-26(24(35)14-29)25(20-12-16-11-19(37-4)9-10-22(16)33-27(20)30)21(15-31)28(32)34(23)17-5-7-18(36-3)8-6-17/h5-12,25H,13-14,32H2,1-4H3. The number of fused-ring (bicyclic) bond motifs is 1. The zero-order valence-corrected chi connectivity index (χ0v) is 21.9. The van der Waals surface area contributed by atoms with Gasteiger partial charge in [0.15, 0.2) is 5.78 Å². The Morgan fingerprint density at radius 1 is 1.08 bits per heavy atom. The minimum absolute atomic E-state index is 0.0307. The molecular weight excluding hydrogens is 488 g/mol. The Labute approximate surface area is 220 Å². The van der Waals surface area contributed by atoms with E-state index in [-0.39, 0.29) is 27.7 Å². The van der Waals surface area contributed by atoms with Gasteiger partial charge in [-0.2, -0.15) is 5.26 Å². The predicted molar refractivity (Wildman–Crippen MR) is 143 cm³/mol. The second-order valence-electron chi connectivity index (χ2n) is 10.1. The third-order valence-electron chi connectivity index (χ3n) is 7.03. The number of nitrogens with two attached hydrogens (primary N) is 1. The molecule has 0 amide bonds. The summed E-state index contributed by atoms with van der Waals surface area (Å²) < 4.78 is 10.7. The molecule has 2 aromatic carbocycles. The van der Waals surface area contributed by atoms with Crippen LogP contribution in [0.4, 0.5) is 5.69 Å². The van der Waals surface area contributed by atoms with Crippen LogP contribution in [0.2, 0.25) is 5.15 Å². The average molecular weight is 515 g/mol. The van der Waals surface area contributed by atoms with Gasteiger partial charge in [0.05, 0.1) is 37.3 Å². The third-order valence-corrected chi connectivity index (χ3v) is 7.33. The van der Waals surface area contributed by atoms with Gasteiger partial charge in [-0.05, 0) is 60.4 Å². The SMILES string of the molecule is COc1ccc(N2C(N)=C(C#N)C(c3cc4cc(OC)ccc4nc3Cl)C3=C2CC(C)(C)CC3=O)cc1. The van der Waals surface area contributed by atoms with Crippen LogP contribution in [0.5, 0.6) is 11.5 Å². The fourth-order valence-corrected chi connectivity index (χ4v) is 5.58. The lowest BCUT2D eigenvalue weighted by molar-refractivity contribution is -0.118. The number of nitriles is 1. The number of rotatable bonds is 4. The number of benzene rings is 2. The van der Waals surface area contributed by atoms with Crippen LogP contribution in [0.1, 0.15) is 38.2 Å². The molecule has 2 heterocycles. The van der Waals surface area contributed by atoms with E-state index in [4.69, 9.17) is 26.8 Å². The van der Waals surface area contributed by atoms with E-state index in [1.54, 1.807) is 14.2 Å². The molecule has 1 atom stereocenters. The monoisotopic (exact) mass is 514 g/mol. The maximum atomic E-state index is 13.8. The summed E-state index contributed by atoms with van der Waals surface area (Å²) in [5, 5.41) is 11.4. The average Bonchev–Trinajstić information content (AvgIpc) is 2.87. The molecule has 1 aliphatic carbocycles. The Hall–Kier alpha value is -4.02. The summed E-state index contributed by atoms with van der Waals surface area (Å²) >= 11 is 6.73. The zero-order chi connectivity index (χ0) is 26.5. The summed E-state index contributed by atoms with van der Waals surface area (Å²) in [5.41, 5.74) is 10.0. The second kappa shape index (κ2) is 9.13. The smallest absolute Gasteiger partial charge is 0.162 e. The first-order valence-electron chi connectivity index (χ1n) is 11.9. The topological polar surface area (TPSA) is 101 Å². The molecule has 7 nitrogen and oxygen atoms in total. The number of carbonyl (C=O) groups excluding carboxylic acids is 1. The van der Waals surface area contributed by atoms with E-state index in [1.807, 2.05) is 53.4 Å². The molecule has 0 bridgehead atoms. The van der Waals surface area contributed by atoms with Crippen LogP contribution in [-0.2, 0) is 4.79 Å². The molecule has 2 N–H and O–H groups in total. The molecule has 8 heteroatoms. The number of hydrogen-bond acceptors (Lipinski definition) is 7. The maximum Gasteiger partial charge on any atom is 0.162 e. The molecule has 37 heavy (non-hydrogen) atoms. The van der Waals surface area contributed by atoms with Crippen LogP contribution in [0.3, 0.4) is 0 Å². The number of aromatic nitrogens is 1. The van der Waals surface area contributed by atoms with Gasteiger partial charge < -0.3 is 15.2 Å². The second-order valence-corrected chi connectivity index (χ2v) is 10.5. The lowest BCUT2D eigenvalue weighted by Crippen LogP contribution is -2.42. The first-order chi connectivity index (χ1) is 17.7. The molecule has 2 aliphatic rings. The van der Waals surface area contributed by atoms with Crippen molar-refractivity contribution in [2.45, 2.75) is 32.6 Å². The number of methoxy groups -OCH3 is 2. The lowest BCUT2D eigenvalue weighted by atomic mass is 9.68. The van der Waals surface area contributed by atoms with E-state index in [2.05, 4.69) is 24.9 Å². The number of Topliss-reactive ketones (excluding diaryl/α,β-unsaturated/α-hetero) is 1. The van der Waals surface area contributed by atoms with Crippen molar-refractivity contribution in [3.8, 4) is 17.6 Å². The number of ether oxygens (including phenoxy) is 2. The zero-order valence-electron chi connectivity index (χ0n) is 21.1. The summed E-state index contributed by atoms with van der Waals surface area (Å²) in [4.78, 5) is 20.2. The van der Waals surface area contributed by atoms with Crippen LogP contribution in [0.25, 0.3) is 10.9 Å². The first-order valence-corrected chi connectivity index (χ1v) is 12.3. The number of anilines is 1. The molecule has 188 valence electrons. The molecule has 0 saturated carbocycles. The van der Waals surface area contributed by atoms with Crippen molar-refractivity contribution in [2.24, 2.45) is 11.1 Å². The maximum absolute atomic E-state index is 13.8. The van der Waals surface area contributed by atoms with Crippen molar-refractivity contribution in [2.75, 3.05) is 19.1 Å². The van der Waals surface area contributed by atoms with Crippen molar-refractivity contribution in [1.82, 2.24) is 4.98 Å². The minimum Gasteiger partial charge on any atom is -0.497 e. The molecule has 0 radical (unpaired) electrons. The molecule has 5 rings (SSSR count). The fraction of sp³-hybridized carbons (Fsp3) is 0.276. The molecule has 0 spiro atoms.